The lowest BCUT2D eigenvalue weighted by Crippen LogP contribution is -2.54. The van der Waals surface area contributed by atoms with E-state index in [2.05, 4.69) is 15.6 Å². The number of hydrogen-bond acceptors (Lipinski definition) is 5. The van der Waals surface area contributed by atoms with Gasteiger partial charge in [-0.25, -0.2) is 0 Å². The van der Waals surface area contributed by atoms with Crippen molar-refractivity contribution in [3.05, 3.63) is 30.0 Å². The largest absolute Gasteiger partial charge is 0.496 e. The van der Waals surface area contributed by atoms with Crippen LogP contribution in [0.15, 0.2) is 24.3 Å². The number of methoxy groups -OCH3 is 1. The lowest BCUT2D eigenvalue weighted by atomic mass is 9.91. The maximum Gasteiger partial charge on any atom is 0.270 e. The van der Waals surface area contributed by atoms with Gasteiger partial charge in [0, 0.05) is 30.4 Å². The van der Waals surface area contributed by atoms with Crippen molar-refractivity contribution in [3.63, 3.8) is 0 Å². The standard InChI is InChI=1S/C25H33N5O5/c1-30(25(34)19-13-16-17(28-19)6-3-7-21(16)35-2)20(11-14-8-9-14)24(33)29-18(22(26)31)12-15-5-4-10-27-23(15)32/h3,6-7,13-15,18,20,28H,4-5,8-12H2,1-2H3,(H2,26,31)(H,27,32)(H,29,33)/t15-,18-,20-/m0/s1. The van der Waals surface area contributed by atoms with Crippen molar-refractivity contribution < 1.29 is 23.9 Å². The van der Waals surface area contributed by atoms with Crippen LogP contribution in [0.4, 0.5) is 0 Å². The molecular weight excluding hydrogens is 450 g/mol. The molecule has 0 bridgehead atoms. The molecule has 1 aromatic carbocycles. The van der Waals surface area contributed by atoms with Gasteiger partial charge < -0.3 is 31.0 Å². The van der Waals surface area contributed by atoms with Crippen LogP contribution in [0, 0.1) is 11.8 Å². The second kappa shape index (κ2) is 10.4. The van der Waals surface area contributed by atoms with E-state index in [1.54, 1.807) is 20.2 Å². The normalized spacial score (nSPS) is 19.5. The summed E-state index contributed by atoms with van der Waals surface area (Å²) in [7, 11) is 3.16. The van der Waals surface area contributed by atoms with Crippen LogP contribution >= 0.6 is 0 Å². The quantitative estimate of drug-likeness (QED) is 0.402. The van der Waals surface area contributed by atoms with Gasteiger partial charge in [-0.2, -0.15) is 0 Å². The number of nitrogens with zero attached hydrogens (tertiary/aromatic N) is 1. The first-order valence-electron chi connectivity index (χ1n) is 12.1. The number of hydrogen-bond donors (Lipinski definition) is 4. The van der Waals surface area contributed by atoms with Crippen LogP contribution in [0.2, 0.25) is 0 Å². The minimum atomic E-state index is -0.987. The van der Waals surface area contributed by atoms with Gasteiger partial charge in [-0.15, -0.1) is 0 Å². The fourth-order valence-corrected chi connectivity index (χ4v) is 4.72. The highest BCUT2D eigenvalue weighted by atomic mass is 16.5. The molecule has 2 aromatic rings. The van der Waals surface area contributed by atoms with E-state index in [1.165, 1.54) is 4.90 Å². The van der Waals surface area contributed by atoms with Gasteiger partial charge in [0.15, 0.2) is 0 Å². The molecule has 2 fully saturated rings. The number of H-pyrrole nitrogens is 1. The summed E-state index contributed by atoms with van der Waals surface area (Å²) in [6.07, 6.45) is 4.08. The lowest BCUT2D eigenvalue weighted by molar-refractivity contribution is -0.132. The lowest BCUT2D eigenvalue weighted by Gasteiger charge is -2.30. The highest BCUT2D eigenvalue weighted by molar-refractivity contribution is 6.01. The molecule has 2 heterocycles. The number of likely N-dealkylation sites (N-methyl/N-ethyl adjacent to an activating group) is 1. The molecular formula is C25H33N5O5. The summed E-state index contributed by atoms with van der Waals surface area (Å²) in [6.45, 7) is 0.610. The van der Waals surface area contributed by atoms with Gasteiger partial charge in [-0.1, -0.05) is 18.9 Å². The van der Waals surface area contributed by atoms with Crippen molar-refractivity contribution in [1.29, 1.82) is 0 Å². The molecule has 4 rings (SSSR count). The van der Waals surface area contributed by atoms with Crippen LogP contribution < -0.4 is 21.1 Å². The van der Waals surface area contributed by atoms with Gasteiger partial charge in [0.2, 0.25) is 17.7 Å². The summed E-state index contributed by atoms with van der Waals surface area (Å²) in [5.41, 5.74) is 6.67. The highest BCUT2D eigenvalue weighted by Gasteiger charge is 2.37. The smallest absolute Gasteiger partial charge is 0.270 e. The van der Waals surface area contributed by atoms with Crippen molar-refractivity contribution >= 4 is 34.5 Å². The maximum atomic E-state index is 13.4. The molecule has 0 radical (unpaired) electrons. The molecule has 1 aliphatic carbocycles. The van der Waals surface area contributed by atoms with E-state index >= 15 is 0 Å². The Balaban J connectivity index is 1.51. The molecule has 2 aliphatic rings. The number of nitrogens with one attached hydrogen (secondary N) is 3. The van der Waals surface area contributed by atoms with E-state index in [0.29, 0.717) is 36.7 Å². The minimum absolute atomic E-state index is 0.132. The number of nitrogens with two attached hydrogens (primary N) is 1. The summed E-state index contributed by atoms with van der Waals surface area (Å²) in [6, 6.07) is 5.45. The summed E-state index contributed by atoms with van der Waals surface area (Å²) >= 11 is 0. The third-order valence-electron chi connectivity index (χ3n) is 7.00. The Hall–Kier alpha value is -3.56. The Labute approximate surface area is 203 Å². The van der Waals surface area contributed by atoms with Gasteiger partial charge in [0.25, 0.3) is 5.91 Å². The summed E-state index contributed by atoms with van der Waals surface area (Å²) in [5, 5.41) is 6.29. The Morgan fingerprint density at radius 1 is 1.23 bits per heavy atom. The number of amides is 4. The molecule has 1 aromatic heterocycles. The van der Waals surface area contributed by atoms with E-state index in [4.69, 9.17) is 10.5 Å². The fourth-order valence-electron chi connectivity index (χ4n) is 4.72. The molecule has 4 amide bonds. The Kier molecular flexibility index (Phi) is 7.28. The molecule has 0 unspecified atom stereocenters. The Morgan fingerprint density at radius 2 is 2.00 bits per heavy atom. The van der Waals surface area contributed by atoms with E-state index in [9.17, 15) is 19.2 Å². The molecule has 10 heteroatoms. The predicted molar refractivity (Wildman–Crippen MR) is 130 cm³/mol. The Morgan fingerprint density at radius 3 is 2.66 bits per heavy atom. The monoisotopic (exact) mass is 483 g/mol. The van der Waals surface area contributed by atoms with Gasteiger partial charge in [0.05, 0.1) is 7.11 Å². The zero-order chi connectivity index (χ0) is 25.1. The zero-order valence-electron chi connectivity index (χ0n) is 20.1. The number of benzene rings is 1. The number of carbonyl (C=O) groups is 4. The van der Waals surface area contributed by atoms with Gasteiger partial charge >= 0.3 is 0 Å². The van der Waals surface area contributed by atoms with E-state index in [-0.39, 0.29) is 24.2 Å². The molecule has 1 saturated carbocycles. The van der Waals surface area contributed by atoms with Crippen LogP contribution in [0.25, 0.3) is 10.9 Å². The number of aromatic nitrogens is 1. The first kappa shape index (κ1) is 24.6. The highest BCUT2D eigenvalue weighted by Crippen LogP contribution is 2.35. The number of rotatable bonds is 10. The second-order valence-corrected chi connectivity index (χ2v) is 9.54. The molecule has 3 atom stereocenters. The first-order chi connectivity index (χ1) is 16.8. The zero-order valence-corrected chi connectivity index (χ0v) is 20.1. The number of ether oxygens (including phenoxy) is 1. The van der Waals surface area contributed by atoms with E-state index in [0.717, 1.165) is 30.2 Å². The molecule has 1 aliphatic heterocycles. The van der Waals surface area contributed by atoms with Crippen LogP contribution in [0.5, 0.6) is 5.75 Å². The van der Waals surface area contributed by atoms with Crippen molar-refractivity contribution in [2.24, 2.45) is 17.6 Å². The van der Waals surface area contributed by atoms with Crippen LogP contribution in [0.1, 0.15) is 49.0 Å². The number of piperidine rings is 1. The average molecular weight is 484 g/mol. The maximum absolute atomic E-state index is 13.4. The third kappa shape index (κ3) is 5.58. The topological polar surface area (TPSA) is 147 Å². The van der Waals surface area contributed by atoms with Crippen LogP contribution in [-0.4, -0.2) is 66.3 Å². The fraction of sp³-hybridized carbons (Fsp3) is 0.520. The van der Waals surface area contributed by atoms with E-state index < -0.39 is 23.9 Å². The van der Waals surface area contributed by atoms with Crippen molar-refractivity contribution in [3.8, 4) is 5.75 Å². The van der Waals surface area contributed by atoms with Crippen LogP contribution in [0.3, 0.4) is 0 Å². The summed E-state index contributed by atoms with van der Waals surface area (Å²) < 4.78 is 5.38. The van der Waals surface area contributed by atoms with Crippen molar-refractivity contribution in [2.45, 2.75) is 50.6 Å². The predicted octanol–water partition coefficient (Wildman–Crippen LogP) is 1.30. The Bertz CT molecular complexity index is 1120. The van der Waals surface area contributed by atoms with Crippen LogP contribution in [-0.2, 0) is 14.4 Å². The SMILES string of the molecule is COc1cccc2[nH]c(C(=O)N(C)[C@@H](CC3CC3)C(=O)N[C@@H](C[C@@H]3CCCNC3=O)C(N)=O)cc12. The molecule has 0 spiro atoms. The summed E-state index contributed by atoms with van der Waals surface area (Å²) in [4.78, 5) is 55.5. The molecule has 10 nitrogen and oxygen atoms in total. The number of aromatic amines is 1. The minimum Gasteiger partial charge on any atom is -0.496 e. The third-order valence-corrected chi connectivity index (χ3v) is 7.00. The number of fused-ring (bicyclic) bond motifs is 1. The van der Waals surface area contributed by atoms with Gasteiger partial charge in [-0.3, -0.25) is 19.2 Å². The van der Waals surface area contributed by atoms with Crippen molar-refractivity contribution in [1.82, 2.24) is 20.5 Å². The van der Waals surface area contributed by atoms with Gasteiger partial charge in [-0.05, 0) is 49.8 Å². The average Bonchev–Trinajstić information content (AvgIpc) is 3.56. The molecule has 1 saturated heterocycles. The molecule has 188 valence electrons. The second-order valence-electron chi connectivity index (χ2n) is 9.54. The molecule has 35 heavy (non-hydrogen) atoms. The molecule has 5 N–H and O–H groups in total. The van der Waals surface area contributed by atoms with E-state index in [1.807, 2.05) is 18.2 Å². The summed E-state index contributed by atoms with van der Waals surface area (Å²) in [5.74, 6) is -1.01. The first-order valence-corrected chi connectivity index (χ1v) is 12.1. The number of carbonyl (C=O) groups excluding carboxylic acids is 4. The number of primary amides is 1. The van der Waals surface area contributed by atoms with Gasteiger partial charge in [0.1, 0.15) is 23.5 Å². The van der Waals surface area contributed by atoms with Crippen molar-refractivity contribution in [2.75, 3.05) is 20.7 Å².